The van der Waals surface area contributed by atoms with Crippen LogP contribution in [0.3, 0.4) is 0 Å². The van der Waals surface area contributed by atoms with Crippen molar-refractivity contribution in [2.75, 3.05) is 25.0 Å². The number of aromatic nitrogens is 1. The minimum absolute atomic E-state index is 0.186. The number of pyridine rings is 1. The molecule has 0 spiro atoms. The van der Waals surface area contributed by atoms with Gasteiger partial charge in [0.05, 0.1) is 0 Å². The molecule has 5 nitrogen and oxygen atoms in total. The molecule has 2 rings (SSSR count). The van der Waals surface area contributed by atoms with Crippen LogP contribution in [0.25, 0.3) is 0 Å². The molecule has 110 valence electrons. The van der Waals surface area contributed by atoms with Crippen LogP contribution in [-0.4, -0.2) is 31.0 Å². The van der Waals surface area contributed by atoms with Gasteiger partial charge in [0, 0.05) is 32.3 Å². The summed E-state index contributed by atoms with van der Waals surface area (Å²) in [5.41, 5.74) is 7.69. The molecule has 1 aliphatic rings. The third-order valence-electron chi connectivity index (χ3n) is 3.89. The van der Waals surface area contributed by atoms with E-state index in [2.05, 4.69) is 28.2 Å². The summed E-state index contributed by atoms with van der Waals surface area (Å²) in [4.78, 5) is 17.9. The second-order valence-electron chi connectivity index (χ2n) is 5.62. The molecule has 0 aliphatic carbocycles. The topological polar surface area (TPSA) is 71.2 Å². The van der Waals surface area contributed by atoms with E-state index in [9.17, 15) is 4.79 Å². The Balaban J connectivity index is 1.98. The number of nitrogens with one attached hydrogen (secondary N) is 1. The minimum Gasteiger partial charge on any atom is -0.370 e. The maximum atomic E-state index is 11.0. The lowest BCUT2D eigenvalue weighted by Crippen LogP contribution is -2.36. The van der Waals surface area contributed by atoms with Crippen LogP contribution < -0.4 is 16.0 Å². The Morgan fingerprint density at radius 3 is 2.75 bits per heavy atom. The number of hydrogen-bond donors (Lipinski definition) is 2. The van der Waals surface area contributed by atoms with Gasteiger partial charge >= 0.3 is 0 Å². The fourth-order valence-corrected chi connectivity index (χ4v) is 2.89. The van der Waals surface area contributed by atoms with Crippen molar-refractivity contribution < 1.29 is 4.79 Å². The van der Waals surface area contributed by atoms with Crippen LogP contribution in [0.2, 0.25) is 0 Å². The van der Waals surface area contributed by atoms with E-state index in [1.54, 1.807) is 0 Å². The monoisotopic (exact) mass is 276 g/mol. The van der Waals surface area contributed by atoms with Gasteiger partial charge < -0.3 is 16.0 Å². The molecule has 0 atom stereocenters. The number of primary amides is 1. The fraction of sp³-hybridized carbons (Fsp3) is 0.600. The highest BCUT2D eigenvalue weighted by atomic mass is 16.1. The fourth-order valence-electron chi connectivity index (χ4n) is 2.89. The summed E-state index contributed by atoms with van der Waals surface area (Å²) >= 11 is 0. The molecular formula is C15H24N4O. The van der Waals surface area contributed by atoms with Crippen molar-refractivity contribution in [3.05, 3.63) is 23.4 Å². The van der Waals surface area contributed by atoms with Crippen molar-refractivity contribution in [3.63, 3.8) is 0 Å². The molecule has 1 amide bonds. The first kappa shape index (κ1) is 14.8. The van der Waals surface area contributed by atoms with Gasteiger partial charge in [-0.25, -0.2) is 4.98 Å². The summed E-state index contributed by atoms with van der Waals surface area (Å²) in [5.74, 6) is 1.32. The second-order valence-corrected chi connectivity index (χ2v) is 5.62. The first-order valence-corrected chi connectivity index (χ1v) is 7.23. The SMILES string of the molecule is CNCc1cnc(N2CCC(CC(N)=O)CC2)c(C)c1. The van der Waals surface area contributed by atoms with E-state index in [0.29, 0.717) is 12.3 Å². The number of anilines is 1. The zero-order valence-corrected chi connectivity index (χ0v) is 12.4. The standard InChI is InChI=1S/C15H24N4O/c1-11-7-13(9-17-2)10-18-15(11)19-5-3-12(4-6-19)8-14(16)20/h7,10,12,17H,3-6,8-9H2,1-2H3,(H2,16,20). The average molecular weight is 276 g/mol. The molecular weight excluding hydrogens is 252 g/mol. The lowest BCUT2D eigenvalue weighted by molar-refractivity contribution is -0.119. The molecule has 0 aromatic carbocycles. The quantitative estimate of drug-likeness (QED) is 0.848. The molecule has 1 aliphatic heterocycles. The Bertz CT molecular complexity index is 467. The number of nitrogens with two attached hydrogens (primary N) is 1. The number of carbonyl (C=O) groups excluding carboxylic acids is 1. The molecule has 0 radical (unpaired) electrons. The zero-order valence-electron chi connectivity index (χ0n) is 12.4. The lowest BCUT2D eigenvalue weighted by Gasteiger charge is -2.33. The van der Waals surface area contributed by atoms with E-state index < -0.39 is 0 Å². The van der Waals surface area contributed by atoms with Crippen LogP contribution in [0.5, 0.6) is 0 Å². The largest absolute Gasteiger partial charge is 0.370 e. The van der Waals surface area contributed by atoms with Gasteiger partial charge in [0.2, 0.25) is 5.91 Å². The number of carbonyl (C=O) groups is 1. The maximum Gasteiger partial charge on any atom is 0.217 e. The Morgan fingerprint density at radius 1 is 1.50 bits per heavy atom. The maximum absolute atomic E-state index is 11.0. The highest BCUT2D eigenvalue weighted by Gasteiger charge is 2.22. The van der Waals surface area contributed by atoms with Gasteiger partial charge in [-0.15, -0.1) is 0 Å². The molecule has 1 aromatic heterocycles. The van der Waals surface area contributed by atoms with Crippen molar-refractivity contribution in [2.24, 2.45) is 11.7 Å². The summed E-state index contributed by atoms with van der Waals surface area (Å²) in [7, 11) is 1.94. The van der Waals surface area contributed by atoms with Gasteiger partial charge in [0.1, 0.15) is 5.82 Å². The first-order valence-electron chi connectivity index (χ1n) is 7.23. The van der Waals surface area contributed by atoms with Gasteiger partial charge in [-0.3, -0.25) is 4.79 Å². The van der Waals surface area contributed by atoms with Crippen LogP contribution in [0.4, 0.5) is 5.82 Å². The minimum atomic E-state index is -0.186. The number of amides is 1. The van der Waals surface area contributed by atoms with Crippen LogP contribution in [0.15, 0.2) is 12.3 Å². The molecule has 2 heterocycles. The van der Waals surface area contributed by atoms with Gasteiger partial charge in [-0.2, -0.15) is 0 Å². The van der Waals surface area contributed by atoms with E-state index >= 15 is 0 Å². The molecule has 1 saturated heterocycles. The summed E-state index contributed by atoms with van der Waals surface area (Å²) in [6.07, 6.45) is 4.49. The van der Waals surface area contributed by atoms with Gasteiger partial charge in [-0.1, -0.05) is 0 Å². The van der Waals surface area contributed by atoms with Crippen LogP contribution in [0.1, 0.15) is 30.4 Å². The molecule has 20 heavy (non-hydrogen) atoms. The second kappa shape index (κ2) is 6.70. The molecule has 1 fully saturated rings. The summed E-state index contributed by atoms with van der Waals surface area (Å²) in [6.45, 7) is 4.86. The first-order chi connectivity index (χ1) is 9.60. The Hall–Kier alpha value is -1.62. The highest BCUT2D eigenvalue weighted by molar-refractivity contribution is 5.74. The molecule has 0 unspecified atom stereocenters. The summed E-state index contributed by atoms with van der Waals surface area (Å²) in [5, 5.41) is 3.14. The van der Waals surface area contributed by atoms with Gasteiger partial charge in [-0.05, 0) is 49.9 Å². The number of hydrogen-bond acceptors (Lipinski definition) is 4. The Morgan fingerprint density at radius 2 is 2.20 bits per heavy atom. The van der Waals surface area contributed by atoms with Gasteiger partial charge in [0.25, 0.3) is 0 Å². The number of rotatable bonds is 5. The zero-order chi connectivity index (χ0) is 14.5. The molecule has 0 bridgehead atoms. The van der Waals surface area contributed by atoms with Crippen molar-refractivity contribution in [3.8, 4) is 0 Å². The van der Waals surface area contributed by atoms with E-state index in [4.69, 9.17) is 5.73 Å². The van der Waals surface area contributed by atoms with Crippen molar-refractivity contribution in [1.82, 2.24) is 10.3 Å². The number of piperidine rings is 1. The Labute approximate surface area is 120 Å². The van der Waals surface area contributed by atoms with E-state index in [1.165, 1.54) is 11.1 Å². The highest BCUT2D eigenvalue weighted by Crippen LogP contribution is 2.26. The average Bonchev–Trinajstić information content (AvgIpc) is 2.40. The normalized spacial score (nSPS) is 16.4. The predicted molar refractivity (Wildman–Crippen MR) is 80.5 cm³/mol. The van der Waals surface area contributed by atoms with Crippen LogP contribution >= 0.6 is 0 Å². The van der Waals surface area contributed by atoms with E-state index in [-0.39, 0.29) is 5.91 Å². The molecule has 1 aromatic rings. The molecule has 5 heteroatoms. The van der Waals surface area contributed by atoms with E-state index in [0.717, 1.165) is 38.3 Å². The third-order valence-corrected chi connectivity index (χ3v) is 3.89. The molecule has 3 N–H and O–H groups in total. The smallest absolute Gasteiger partial charge is 0.217 e. The van der Waals surface area contributed by atoms with Crippen molar-refractivity contribution in [2.45, 2.75) is 32.7 Å². The number of aryl methyl sites for hydroxylation is 1. The lowest BCUT2D eigenvalue weighted by atomic mass is 9.93. The van der Waals surface area contributed by atoms with Crippen molar-refractivity contribution in [1.29, 1.82) is 0 Å². The van der Waals surface area contributed by atoms with E-state index in [1.807, 2.05) is 13.2 Å². The Kier molecular flexibility index (Phi) is 4.95. The third kappa shape index (κ3) is 3.70. The molecule has 0 saturated carbocycles. The van der Waals surface area contributed by atoms with Gasteiger partial charge in [0.15, 0.2) is 0 Å². The summed E-state index contributed by atoms with van der Waals surface area (Å²) in [6, 6.07) is 2.19. The predicted octanol–water partition coefficient (Wildman–Crippen LogP) is 1.20. The van der Waals surface area contributed by atoms with Crippen LogP contribution in [-0.2, 0) is 11.3 Å². The number of nitrogens with zero attached hydrogens (tertiary/aromatic N) is 2. The summed E-state index contributed by atoms with van der Waals surface area (Å²) < 4.78 is 0. The van der Waals surface area contributed by atoms with Crippen molar-refractivity contribution >= 4 is 11.7 Å². The van der Waals surface area contributed by atoms with Crippen LogP contribution in [0, 0.1) is 12.8 Å².